The molecule has 4 nitrogen and oxygen atoms in total. The van der Waals surface area contributed by atoms with E-state index >= 15 is 0 Å². The number of aromatic nitrogens is 1. The van der Waals surface area contributed by atoms with Crippen molar-refractivity contribution in [2.75, 3.05) is 38.6 Å². The van der Waals surface area contributed by atoms with Crippen LogP contribution in [0.15, 0.2) is 12.3 Å². The Hall–Kier alpha value is -1.31. The highest BCUT2D eigenvalue weighted by molar-refractivity contribution is 6.34. The molecule has 0 aliphatic rings. The van der Waals surface area contributed by atoms with Crippen LogP contribution < -0.4 is 4.90 Å². The summed E-state index contributed by atoms with van der Waals surface area (Å²) in [4.78, 5) is 8.55. The third-order valence-corrected chi connectivity index (χ3v) is 2.97. The lowest BCUT2D eigenvalue weighted by Crippen LogP contribution is -2.33. The maximum atomic E-state index is 8.98. The summed E-state index contributed by atoms with van der Waals surface area (Å²) in [5.41, 5.74) is 0.479. The van der Waals surface area contributed by atoms with Gasteiger partial charge in [-0.1, -0.05) is 18.5 Å². The van der Waals surface area contributed by atoms with Crippen molar-refractivity contribution < 1.29 is 0 Å². The van der Waals surface area contributed by atoms with E-state index in [-0.39, 0.29) is 0 Å². The van der Waals surface area contributed by atoms with E-state index in [1.54, 1.807) is 12.3 Å². The summed E-state index contributed by atoms with van der Waals surface area (Å²) >= 11 is 6.21. The molecular weight excluding hydrogens is 248 g/mol. The molecule has 0 fully saturated rings. The molecule has 0 spiro atoms. The van der Waals surface area contributed by atoms with Crippen LogP contribution in [0.3, 0.4) is 0 Å². The second kappa shape index (κ2) is 7.20. The average molecular weight is 267 g/mol. The zero-order valence-corrected chi connectivity index (χ0v) is 11.9. The van der Waals surface area contributed by atoms with Crippen LogP contribution in [0.25, 0.3) is 0 Å². The Balaban J connectivity index is 2.95. The van der Waals surface area contributed by atoms with Crippen molar-refractivity contribution >= 4 is 17.4 Å². The number of pyridine rings is 1. The number of nitriles is 1. The predicted molar refractivity (Wildman–Crippen MR) is 75.0 cm³/mol. The summed E-state index contributed by atoms with van der Waals surface area (Å²) < 4.78 is 0. The Kier molecular flexibility index (Phi) is 5.90. The molecule has 1 rings (SSSR count). The van der Waals surface area contributed by atoms with Crippen LogP contribution in [-0.4, -0.2) is 43.6 Å². The first-order valence-corrected chi connectivity index (χ1v) is 6.42. The van der Waals surface area contributed by atoms with Gasteiger partial charge in [-0.3, -0.25) is 0 Å². The van der Waals surface area contributed by atoms with Crippen molar-refractivity contribution in [3.8, 4) is 6.07 Å². The SMILES string of the molecule is CCCN(CCN(C)C)c1nccc(C#N)c1Cl. The van der Waals surface area contributed by atoms with Gasteiger partial charge in [0.1, 0.15) is 16.9 Å². The fourth-order valence-electron chi connectivity index (χ4n) is 1.65. The van der Waals surface area contributed by atoms with Crippen LogP contribution in [0.4, 0.5) is 5.82 Å². The number of halogens is 1. The van der Waals surface area contributed by atoms with Gasteiger partial charge in [0.05, 0.1) is 5.56 Å². The van der Waals surface area contributed by atoms with Gasteiger partial charge in [-0.2, -0.15) is 5.26 Å². The zero-order chi connectivity index (χ0) is 13.5. The van der Waals surface area contributed by atoms with Crippen LogP contribution in [0.5, 0.6) is 0 Å². The van der Waals surface area contributed by atoms with Crippen molar-refractivity contribution in [1.29, 1.82) is 5.26 Å². The lowest BCUT2D eigenvalue weighted by molar-refractivity contribution is 0.412. The molecule has 0 saturated carbocycles. The average Bonchev–Trinajstić information content (AvgIpc) is 2.35. The number of nitrogens with zero attached hydrogens (tertiary/aromatic N) is 4. The van der Waals surface area contributed by atoms with Gasteiger partial charge in [0, 0.05) is 25.8 Å². The van der Waals surface area contributed by atoms with Gasteiger partial charge < -0.3 is 9.80 Å². The predicted octanol–water partition coefficient (Wildman–Crippen LogP) is 2.38. The molecule has 0 saturated heterocycles. The van der Waals surface area contributed by atoms with E-state index in [1.807, 2.05) is 14.1 Å². The van der Waals surface area contributed by atoms with Gasteiger partial charge in [-0.05, 0) is 26.6 Å². The summed E-state index contributed by atoms with van der Waals surface area (Å²) in [6.45, 7) is 4.78. The second-order valence-electron chi connectivity index (χ2n) is 4.40. The van der Waals surface area contributed by atoms with E-state index in [9.17, 15) is 0 Å². The standard InChI is InChI=1S/C13H19ClN4/c1-4-7-18(9-8-17(2)3)13-12(14)11(10-15)5-6-16-13/h5-6H,4,7-9H2,1-3H3. The quantitative estimate of drug-likeness (QED) is 0.793. The topological polar surface area (TPSA) is 43.2 Å². The van der Waals surface area contributed by atoms with Gasteiger partial charge in [0.25, 0.3) is 0 Å². The summed E-state index contributed by atoms with van der Waals surface area (Å²) in [5.74, 6) is 0.708. The van der Waals surface area contributed by atoms with Gasteiger partial charge in [0.2, 0.25) is 0 Å². The molecule has 18 heavy (non-hydrogen) atoms. The molecule has 0 amide bonds. The summed E-state index contributed by atoms with van der Waals surface area (Å²) in [5, 5.41) is 9.43. The lowest BCUT2D eigenvalue weighted by atomic mass is 10.2. The van der Waals surface area contributed by atoms with E-state index in [0.29, 0.717) is 16.4 Å². The number of anilines is 1. The Bertz CT molecular complexity index is 425. The van der Waals surface area contributed by atoms with Crippen LogP contribution in [0, 0.1) is 11.3 Å². The lowest BCUT2D eigenvalue weighted by Gasteiger charge is -2.25. The maximum absolute atomic E-state index is 8.98. The molecule has 0 radical (unpaired) electrons. The fourth-order valence-corrected chi connectivity index (χ4v) is 1.93. The molecule has 0 bridgehead atoms. The molecule has 0 atom stereocenters. The number of likely N-dealkylation sites (N-methyl/N-ethyl adjacent to an activating group) is 1. The highest BCUT2D eigenvalue weighted by atomic mass is 35.5. The van der Waals surface area contributed by atoms with Crippen LogP contribution >= 0.6 is 11.6 Å². The molecular formula is C13H19ClN4. The number of hydrogen-bond acceptors (Lipinski definition) is 4. The molecule has 0 aliphatic carbocycles. The van der Waals surface area contributed by atoms with E-state index in [1.165, 1.54) is 0 Å². The van der Waals surface area contributed by atoms with Crippen LogP contribution in [0.1, 0.15) is 18.9 Å². The minimum absolute atomic E-state index is 0.451. The van der Waals surface area contributed by atoms with Gasteiger partial charge in [-0.25, -0.2) is 4.98 Å². The molecule has 5 heteroatoms. The number of rotatable bonds is 6. The smallest absolute Gasteiger partial charge is 0.148 e. The molecule has 1 aromatic rings. The summed E-state index contributed by atoms with van der Waals surface area (Å²) in [6.07, 6.45) is 2.65. The van der Waals surface area contributed by atoms with Gasteiger partial charge >= 0.3 is 0 Å². The highest BCUT2D eigenvalue weighted by Gasteiger charge is 2.14. The third kappa shape index (κ3) is 3.86. The molecule has 98 valence electrons. The molecule has 0 unspecified atom stereocenters. The molecule has 1 aromatic heterocycles. The van der Waals surface area contributed by atoms with Crippen LogP contribution in [0.2, 0.25) is 5.02 Å². The molecule has 1 heterocycles. The normalized spacial score (nSPS) is 10.4. The Morgan fingerprint density at radius 2 is 2.06 bits per heavy atom. The first-order valence-electron chi connectivity index (χ1n) is 6.04. The van der Waals surface area contributed by atoms with Gasteiger partial charge in [-0.15, -0.1) is 0 Å². The minimum atomic E-state index is 0.451. The molecule has 0 aliphatic heterocycles. The Labute approximate surface area is 114 Å². The van der Waals surface area contributed by atoms with E-state index < -0.39 is 0 Å². The van der Waals surface area contributed by atoms with Gasteiger partial charge in [0.15, 0.2) is 0 Å². The van der Waals surface area contributed by atoms with E-state index in [2.05, 4.69) is 27.8 Å². The van der Waals surface area contributed by atoms with Crippen LogP contribution in [-0.2, 0) is 0 Å². The second-order valence-corrected chi connectivity index (χ2v) is 4.78. The highest BCUT2D eigenvalue weighted by Crippen LogP contribution is 2.26. The first-order chi connectivity index (χ1) is 8.60. The maximum Gasteiger partial charge on any atom is 0.148 e. The number of hydrogen-bond donors (Lipinski definition) is 0. The molecule has 0 aromatic carbocycles. The summed E-state index contributed by atoms with van der Waals surface area (Å²) in [7, 11) is 4.07. The van der Waals surface area contributed by atoms with Crippen molar-refractivity contribution in [3.05, 3.63) is 22.8 Å². The van der Waals surface area contributed by atoms with E-state index in [4.69, 9.17) is 16.9 Å². The van der Waals surface area contributed by atoms with Crippen molar-refractivity contribution in [2.45, 2.75) is 13.3 Å². The fraction of sp³-hybridized carbons (Fsp3) is 0.538. The molecule has 0 N–H and O–H groups in total. The van der Waals surface area contributed by atoms with Crippen molar-refractivity contribution in [2.24, 2.45) is 0 Å². The van der Waals surface area contributed by atoms with Crippen molar-refractivity contribution in [1.82, 2.24) is 9.88 Å². The largest absolute Gasteiger partial charge is 0.354 e. The minimum Gasteiger partial charge on any atom is -0.354 e. The monoisotopic (exact) mass is 266 g/mol. The Morgan fingerprint density at radius 3 is 2.61 bits per heavy atom. The Morgan fingerprint density at radius 1 is 1.33 bits per heavy atom. The van der Waals surface area contributed by atoms with Crippen molar-refractivity contribution in [3.63, 3.8) is 0 Å². The first kappa shape index (κ1) is 14.7. The third-order valence-electron chi connectivity index (χ3n) is 2.60. The van der Waals surface area contributed by atoms with E-state index in [0.717, 1.165) is 26.1 Å². The zero-order valence-electron chi connectivity index (χ0n) is 11.1. The summed E-state index contributed by atoms with van der Waals surface area (Å²) in [6, 6.07) is 3.73.